The second-order valence-corrected chi connectivity index (χ2v) is 6.23. The predicted molar refractivity (Wildman–Crippen MR) is 88.8 cm³/mol. The molecule has 0 spiro atoms. The van der Waals surface area contributed by atoms with Crippen molar-refractivity contribution in [2.75, 3.05) is 0 Å². The predicted octanol–water partition coefficient (Wildman–Crippen LogP) is 4.39. The molecule has 1 atom stereocenters. The summed E-state index contributed by atoms with van der Waals surface area (Å²) in [5.41, 5.74) is 2.17. The molecule has 0 amide bonds. The Balaban J connectivity index is 2.27. The number of ether oxygens (including phenoxy) is 1. The minimum Gasteiger partial charge on any atom is -0.481 e. The number of carbonyl (C=O) groups excluding carboxylic acids is 2. The number of benzene rings is 1. The zero-order chi connectivity index (χ0) is 17.3. The van der Waals surface area contributed by atoms with Gasteiger partial charge in [0.05, 0.1) is 10.2 Å². The highest BCUT2D eigenvalue weighted by atomic mass is 79.9. The summed E-state index contributed by atoms with van der Waals surface area (Å²) in [6, 6.07) is 3.98. The Hall–Kier alpha value is -1.95. The van der Waals surface area contributed by atoms with Crippen molar-refractivity contribution in [3.05, 3.63) is 51.0 Å². The average Bonchev–Trinajstić information content (AvgIpc) is 2.76. The highest BCUT2D eigenvalue weighted by Crippen LogP contribution is 2.27. The summed E-state index contributed by atoms with van der Waals surface area (Å²) in [4.78, 5) is 27.2. The maximum atomic E-state index is 13.1. The third kappa shape index (κ3) is 3.52. The second-order valence-electron chi connectivity index (χ2n) is 5.38. The summed E-state index contributed by atoms with van der Waals surface area (Å²) in [6.45, 7) is 6.56. The zero-order valence-electron chi connectivity index (χ0n) is 13.3. The first-order valence-corrected chi connectivity index (χ1v) is 7.87. The first kappa shape index (κ1) is 17.4. The molecule has 23 heavy (non-hydrogen) atoms. The standard InChI is InChI=1S/C17H17BrFNO3/c1-8-15(10(3)21)9(2)20-16(8)17(22)11(4)23-14-6-5-12(19)7-13(14)18/h5-7,11,20H,1-4H3/t11-/m0/s1. The summed E-state index contributed by atoms with van der Waals surface area (Å²) >= 11 is 3.20. The van der Waals surface area contributed by atoms with Crippen molar-refractivity contribution >= 4 is 27.5 Å². The lowest BCUT2D eigenvalue weighted by Crippen LogP contribution is -2.25. The fraction of sp³-hybridized carbons (Fsp3) is 0.294. The van der Waals surface area contributed by atoms with Crippen molar-refractivity contribution in [3.63, 3.8) is 0 Å². The third-order valence-electron chi connectivity index (χ3n) is 3.60. The van der Waals surface area contributed by atoms with E-state index in [9.17, 15) is 14.0 Å². The Bertz CT molecular complexity index is 782. The Morgan fingerprint density at radius 3 is 2.48 bits per heavy atom. The maximum Gasteiger partial charge on any atom is 0.219 e. The molecule has 0 aliphatic carbocycles. The highest BCUT2D eigenvalue weighted by Gasteiger charge is 2.25. The van der Waals surface area contributed by atoms with Crippen molar-refractivity contribution in [2.24, 2.45) is 0 Å². The van der Waals surface area contributed by atoms with E-state index < -0.39 is 11.9 Å². The minimum atomic E-state index is -0.784. The Kier molecular flexibility index (Phi) is 5.04. The molecule has 1 aromatic carbocycles. The van der Waals surface area contributed by atoms with Gasteiger partial charge in [-0.1, -0.05) is 0 Å². The van der Waals surface area contributed by atoms with E-state index in [0.717, 1.165) is 0 Å². The molecule has 6 heteroatoms. The van der Waals surface area contributed by atoms with Gasteiger partial charge in [-0.05, 0) is 67.4 Å². The number of halogens is 2. The molecule has 122 valence electrons. The van der Waals surface area contributed by atoms with Gasteiger partial charge in [-0.25, -0.2) is 4.39 Å². The third-order valence-corrected chi connectivity index (χ3v) is 4.22. The number of hydrogen-bond acceptors (Lipinski definition) is 3. The van der Waals surface area contributed by atoms with Crippen LogP contribution in [-0.4, -0.2) is 22.7 Å². The molecule has 0 saturated heterocycles. The molecule has 0 bridgehead atoms. The lowest BCUT2D eigenvalue weighted by Gasteiger charge is -2.15. The van der Waals surface area contributed by atoms with Gasteiger partial charge in [-0.3, -0.25) is 9.59 Å². The summed E-state index contributed by atoms with van der Waals surface area (Å²) < 4.78 is 19.1. The maximum absolute atomic E-state index is 13.1. The highest BCUT2D eigenvalue weighted by molar-refractivity contribution is 9.10. The molecule has 4 nitrogen and oxygen atoms in total. The van der Waals surface area contributed by atoms with E-state index in [1.54, 1.807) is 20.8 Å². The molecule has 0 aliphatic rings. The number of aromatic amines is 1. The van der Waals surface area contributed by atoms with E-state index in [1.807, 2.05) is 0 Å². The average molecular weight is 382 g/mol. The first-order chi connectivity index (χ1) is 10.7. The van der Waals surface area contributed by atoms with Crippen LogP contribution in [0, 0.1) is 19.7 Å². The molecular weight excluding hydrogens is 365 g/mol. The molecule has 0 saturated carbocycles. The molecule has 2 aromatic rings. The molecule has 0 aliphatic heterocycles. The normalized spacial score (nSPS) is 12.1. The van der Waals surface area contributed by atoms with Gasteiger partial charge in [0.15, 0.2) is 11.9 Å². The van der Waals surface area contributed by atoms with Crippen LogP contribution in [-0.2, 0) is 0 Å². The number of carbonyl (C=O) groups is 2. The lowest BCUT2D eigenvalue weighted by atomic mass is 10.0. The molecule has 2 rings (SSSR count). The van der Waals surface area contributed by atoms with Crippen LogP contribution in [0.3, 0.4) is 0 Å². The van der Waals surface area contributed by atoms with Crippen LogP contribution in [0.5, 0.6) is 5.75 Å². The van der Waals surface area contributed by atoms with Gasteiger partial charge < -0.3 is 9.72 Å². The van der Waals surface area contributed by atoms with Gasteiger partial charge in [0.1, 0.15) is 11.6 Å². The zero-order valence-corrected chi connectivity index (χ0v) is 14.9. The van der Waals surface area contributed by atoms with E-state index >= 15 is 0 Å². The van der Waals surface area contributed by atoms with Crippen LogP contribution in [0.25, 0.3) is 0 Å². The van der Waals surface area contributed by atoms with Crippen LogP contribution >= 0.6 is 15.9 Å². The van der Waals surface area contributed by atoms with Gasteiger partial charge in [0.25, 0.3) is 0 Å². The quantitative estimate of drug-likeness (QED) is 0.781. The Labute approximate surface area is 142 Å². The number of aromatic nitrogens is 1. The van der Waals surface area contributed by atoms with E-state index in [-0.39, 0.29) is 11.6 Å². The molecule has 1 N–H and O–H groups in total. The van der Waals surface area contributed by atoms with Gasteiger partial charge >= 0.3 is 0 Å². The fourth-order valence-electron chi connectivity index (χ4n) is 2.54. The first-order valence-electron chi connectivity index (χ1n) is 7.08. The van der Waals surface area contributed by atoms with Crippen LogP contribution in [0.4, 0.5) is 4.39 Å². The van der Waals surface area contributed by atoms with E-state index in [1.165, 1.54) is 25.1 Å². The summed E-state index contributed by atoms with van der Waals surface area (Å²) in [6.07, 6.45) is -0.784. The van der Waals surface area contributed by atoms with Crippen molar-refractivity contribution in [1.29, 1.82) is 0 Å². The minimum absolute atomic E-state index is 0.0925. The van der Waals surface area contributed by atoms with Crippen molar-refractivity contribution in [1.82, 2.24) is 4.98 Å². The van der Waals surface area contributed by atoms with Crippen LogP contribution < -0.4 is 4.74 Å². The van der Waals surface area contributed by atoms with Crippen LogP contribution in [0.15, 0.2) is 22.7 Å². The Morgan fingerprint density at radius 2 is 1.96 bits per heavy atom. The number of rotatable bonds is 5. The van der Waals surface area contributed by atoms with Crippen LogP contribution in [0.2, 0.25) is 0 Å². The fourth-order valence-corrected chi connectivity index (χ4v) is 2.99. The largest absolute Gasteiger partial charge is 0.481 e. The summed E-state index contributed by atoms with van der Waals surface area (Å²) in [5, 5.41) is 0. The topological polar surface area (TPSA) is 59.2 Å². The number of hydrogen-bond donors (Lipinski definition) is 1. The number of ketones is 2. The van der Waals surface area contributed by atoms with Crippen molar-refractivity contribution < 1.29 is 18.7 Å². The van der Waals surface area contributed by atoms with E-state index in [0.29, 0.717) is 32.7 Å². The van der Waals surface area contributed by atoms with Gasteiger partial charge in [-0.15, -0.1) is 0 Å². The van der Waals surface area contributed by atoms with Gasteiger partial charge in [0, 0.05) is 11.3 Å². The van der Waals surface area contributed by atoms with E-state index in [2.05, 4.69) is 20.9 Å². The molecule has 1 aromatic heterocycles. The SMILES string of the molecule is CC(=O)c1c(C)[nH]c(C(=O)[C@H](C)Oc2ccc(F)cc2Br)c1C. The lowest BCUT2D eigenvalue weighted by molar-refractivity contribution is 0.0811. The number of aryl methyl sites for hydroxylation is 1. The Morgan fingerprint density at radius 1 is 1.30 bits per heavy atom. The smallest absolute Gasteiger partial charge is 0.219 e. The summed E-state index contributed by atoms with van der Waals surface area (Å²) in [5.74, 6) is -0.385. The van der Waals surface area contributed by atoms with Gasteiger partial charge in [-0.2, -0.15) is 0 Å². The van der Waals surface area contributed by atoms with E-state index in [4.69, 9.17) is 4.74 Å². The summed E-state index contributed by atoms with van der Waals surface area (Å²) in [7, 11) is 0. The van der Waals surface area contributed by atoms with Gasteiger partial charge in [0.2, 0.25) is 5.78 Å². The van der Waals surface area contributed by atoms with Crippen molar-refractivity contribution in [3.8, 4) is 5.75 Å². The number of H-pyrrole nitrogens is 1. The molecular formula is C17H17BrFNO3. The van der Waals surface area contributed by atoms with Crippen LogP contribution in [0.1, 0.15) is 46.0 Å². The monoisotopic (exact) mass is 381 g/mol. The van der Waals surface area contributed by atoms with Crippen molar-refractivity contribution in [2.45, 2.75) is 33.8 Å². The molecule has 0 radical (unpaired) electrons. The molecule has 0 fully saturated rings. The number of nitrogens with one attached hydrogen (secondary N) is 1. The molecule has 1 heterocycles. The second kappa shape index (κ2) is 6.66. The number of Topliss-reactive ketones (excluding diaryl/α,β-unsaturated/α-hetero) is 2. The molecule has 0 unspecified atom stereocenters.